The van der Waals surface area contributed by atoms with Crippen molar-refractivity contribution >= 4 is 10.8 Å². The fourth-order valence-electron chi connectivity index (χ4n) is 2.30. The lowest BCUT2D eigenvalue weighted by Crippen LogP contribution is -1.98. The second-order valence-electron chi connectivity index (χ2n) is 4.64. The van der Waals surface area contributed by atoms with Crippen LogP contribution < -0.4 is 0 Å². The van der Waals surface area contributed by atoms with E-state index in [4.69, 9.17) is 0 Å². The second-order valence-corrected chi connectivity index (χ2v) is 4.64. The molecule has 0 heterocycles. The van der Waals surface area contributed by atoms with Crippen LogP contribution in [0.5, 0.6) is 0 Å². The van der Waals surface area contributed by atoms with Crippen LogP contribution in [0.15, 0.2) is 36.4 Å². The lowest BCUT2D eigenvalue weighted by Gasteiger charge is -2.10. The second kappa shape index (κ2) is 5.05. The number of hydrogen-bond donors (Lipinski definition) is 0. The van der Waals surface area contributed by atoms with Gasteiger partial charge in [-0.05, 0) is 35.2 Å². The van der Waals surface area contributed by atoms with Gasteiger partial charge in [-0.2, -0.15) is 0 Å². The van der Waals surface area contributed by atoms with Crippen LogP contribution in [0.4, 0.5) is 26.3 Å². The van der Waals surface area contributed by atoms with Crippen LogP contribution in [0.2, 0.25) is 0 Å². The molecule has 0 N–H and O–H groups in total. The maximum Gasteiger partial charge on any atom is 0.194 e. The quantitative estimate of drug-likeness (QED) is 0.420. The number of benzene rings is 3. The minimum atomic E-state index is -1.75. The normalized spacial score (nSPS) is 11.2. The number of hydrogen-bond acceptors (Lipinski definition) is 0. The highest BCUT2D eigenvalue weighted by atomic mass is 19.2. The van der Waals surface area contributed by atoms with Crippen molar-refractivity contribution in [2.45, 2.75) is 0 Å². The monoisotopic (exact) mass is 312 g/mol. The predicted molar refractivity (Wildman–Crippen MR) is 69.1 cm³/mol. The van der Waals surface area contributed by atoms with Gasteiger partial charge >= 0.3 is 0 Å². The SMILES string of the molecule is Fc1cc(-c2c(F)cc3cccc(F)c3c2F)cc(F)c1F. The third-order valence-electron chi connectivity index (χ3n) is 3.28. The standard InChI is InChI=1S/C16H6F6/c17-9-3-1-2-7-4-10(18)14(16(22)13(7)9)8-5-11(19)15(21)12(20)6-8/h1-6H. The van der Waals surface area contributed by atoms with Gasteiger partial charge in [0.1, 0.15) is 17.5 Å². The van der Waals surface area contributed by atoms with Crippen molar-refractivity contribution in [2.75, 3.05) is 0 Å². The molecule has 0 saturated carbocycles. The molecule has 0 atom stereocenters. The highest BCUT2D eigenvalue weighted by Gasteiger charge is 2.20. The molecule has 0 unspecified atom stereocenters. The molecule has 6 heteroatoms. The topological polar surface area (TPSA) is 0 Å². The Kier molecular flexibility index (Phi) is 3.31. The third kappa shape index (κ3) is 2.11. The van der Waals surface area contributed by atoms with E-state index in [1.807, 2.05) is 0 Å². The molecule has 0 nitrogen and oxygen atoms in total. The molecular formula is C16H6F6. The summed E-state index contributed by atoms with van der Waals surface area (Å²) in [5.74, 6) is -8.33. The molecule has 0 aliphatic rings. The molecule has 22 heavy (non-hydrogen) atoms. The lowest BCUT2D eigenvalue weighted by atomic mass is 9.99. The zero-order valence-electron chi connectivity index (χ0n) is 10.7. The summed E-state index contributed by atoms with van der Waals surface area (Å²) in [6, 6.07) is 5.28. The van der Waals surface area contributed by atoms with E-state index in [0.717, 1.165) is 12.1 Å². The van der Waals surface area contributed by atoms with Gasteiger partial charge in [0.15, 0.2) is 17.5 Å². The minimum Gasteiger partial charge on any atom is -0.206 e. The van der Waals surface area contributed by atoms with Gasteiger partial charge in [-0.25, -0.2) is 26.3 Å². The third-order valence-corrected chi connectivity index (χ3v) is 3.28. The fourth-order valence-corrected chi connectivity index (χ4v) is 2.30. The average molecular weight is 312 g/mol. The van der Waals surface area contributed by atoms with E-state index < -0.39 is 51.4 Å². The van der Waals surface area contributed by atoms with Crippen molar-refractivity contribution in [1.82, 2.24) is 0 Å². The molecule has 3 aromatic rings. The molecular weight excluding hydrogens is 306 g/mol. The van der Waals surface area contributed by atoms with Crippen LogP contribution >= 0.6 is 0 Å². The molecule has 0 amide bonds. The summed E-state index contributed by atoms with van der Waals surface area (Å²) in [5.41, 5.74) is -1.38. The molecule has 0 aliphatic carbocycles. The van der Waals surface area contributed by atoms with Gasteiger partial charge in [0.25, 0.3) is 0 Å². The first-order valence-corrected chi connectivity index (χ1v) is 6.11. The van der Waals surface area contributed by atoms with Gasteiger partial charge in [-0.3, -0.25) is 0 Å². The Hall–Kier alpha value is -2.50. The van der Waals surface area contributed by atoms with E-state index in [0.29, 0.717) is 12.1 Å². The van der Waals surface area contributed by atoms with Crippen LogP contribution in [0.25, 0.3) is 21.9 Å². The highest BCUT2D eigenvalue weighted by Crippen LogP contribution is 2.34. The van der Waals surface area contributed by atoms with Crippen molar-refractivity contribution in [2.24, 2.45) is 0 Å². The van der Waals surface area contributed by atoms with Crippen molar-refractivity contribution < 1.29 is 26.3 Å². The molecule has 3 aromatic carbocycles. The van der Waals surface area contributed by atoms with Gasteiger partial charge in [0.05, 0.1) is 10.9 Å². The largest absolute Gasteiger partial charge is 0.206 e. The maximum absolute atomic E-state index is 14.4. The Bertz CT molecular complexity index is 878. The molecule has 112 valence electrons. The first-order chi connectivity index (χ1) is 10.4. The molecule has 0 bridgehead atoms. The molecule has 3 rings (SSSR count). The highest BCUT2D eigenvalue weighted by molar-refractivity contribution is 5.89. The van der Waals surface area contributed by atoms with Gasteiger partial charge in [0, 0.05) is 0 Å². The molecule has 0 aliphatic heterocycles. The summed E-state index contributed by atoms with van der Waals surface area (Å²) in [7, 11) is 0. The van der Waals surface area contributed by atoms with Crippen molar-refractivity contribution in [3.8, 4) is 11.1 Å². The van der Waals surface area contributed by atoms with E-state index in [9.17, 15) is 26.3 Å². The van der Waals surface area contributed by atoms with Gasteiger partial charge in [-0.15, -0.1) is 0 Å². The van der Waals surface area contributed by atoms with E-state index in [1.54, 1.807) is 0 Å². The summed E-state index contributed by atoms with van der Waals surface area (Å²) in [5, 5.41) is -0.550. The van der Waals surface area contributed by atoms with E-state index in [1.165, 1.54) is 12.1 Å². The molecule has 0 aromatic heterocycles. The Morgan fingerprint density at radius 3 is 1.86 bits per heavy atom. The zero-order chi connectivity index (χ0) is 16.0. The Balaban J connectivity index is 2.39. The molecule has 0 fully saturated rings. The Morgan fingerprint density at radius 1 is 0.591 bits per heavy atom. The van der Waals surface area contributed by atoms with Crippen LogP contribution in [0.3, 0.4) is 0 Å². The summed E-state index contributed by atoms with van der Waals surface area (Å²) >= 11 is 0. The zero-order valence-corrected chi connectivity index (χ0v) is 10.7. The first-order valence-electron chi connectivity index (χ1n) is 6.11. The summed E-state index contributed by atoms with van der Waals surface area (Å²) < 4.78 is 81.7. The van der Waals surface area contributed by atoms with Crippen LogP contribution in [-0.4, -0.2) is 0 Å². The maximum atomic E-state index is 14.4. The van der Waals surface area contributed by atoms with Gasteiger partial charge in [0.2, 0.25) is 0 Å². The Labute approximate surface area is 120 Å². The summed E-state index contributed by atoms with van der Waals surface area (Å²) in [6.45, 7) is 0. The smallest absolute Gasteiger partial charge is 0.194 e. The van der Waals surface area contributed by atoms with E-state index >= 15 is 0 Å². The summed E-state index contributed by atoms with van der Waals surface area (Å²) in [6.07, 6.45) is 0. The van der Waals surface area contributed by atoms with Gasteiger partial charge in [-0.1, -0.05) is 12.1 Å². The van der Waals surface area contributed by atoms with E-state index in [-0.39, 0.29) is 5.39 Å². The molecule has 0 radical (unpaired) electrons. The number of rotatable bonds is 1. The lowest BCUT2D eigenvalue weighted by molar-refractivity contribution is 0.447. The number of fused-ring (bicyclic) bond motifs is 1. The van der Waals surface area contributed by atoms with Crippen LogP contribution in [0.1, 0.15) is 0 Å². The van der Waals surface area contributed by atoms with Crippen molar-refractivity contribution in [1.29, 1.82) is 0 Å². The van der Waals surface area contributed by atoms with Crippen LogP contribution in [0, 0.1) is 34.9 Å². The van der Waals surface area contributed by atoms with Crippen molar-refractivity contribution in [3.63, 3.8) is 0 Å². The average Bonchev–Trinajstić information content (AvgIpc) is 2.44. The molecule has 0 saturated heterocycles. The van der Waals surface area contributed by atoms with Gasteiger partial charge < -0.3 is 0 Å². The van der Waals surface area contributed by atoms with E-state index in [2.05, 4.69) is 0 Å². The number of halogens is 6. The first kappa shape index (κ1) is 14.4. The minimum absolute atomic E-state index is 0.0400. The van der Waals surface area contributed by atoms with Crippen molar-refractivity contribution in [3.05, 3.63) is 71.3 Å². The predicted octanol–water partition coefficient (Wildman–Crippen LogP) is 5.34. The molecule has 0 spiro atoms. The van der Waals surface area contributed by atoms with Crippen LogP contribution in [-0.2, 0) is 0 Å². The Morgan fingerprint density at radius 2 is 1.23 bits per heavy atom. The fraction of sp³-hybridized carbons (Fsp3) is 0. The summed E-state index contributed by atoms with van der Waals surface area (Å²) in [4.78, 5) is 0.